The molecular formula is C12H10F2O4. The van der Waals surface area contributed by atoms with Crippen LogP contribution in [0.1, 0.15) is 30.4 Å². The normalized spacial score (nSPS) is 19.1. The van der Waals surface area contributed by atoms with Gasteiger partial charge in [-0.25, -0.2) is 8.78 Å². The molecule has 96 valence electrons. The van der Waals surface area contributed by atoms with Crippen LogP contribution in [0.4, 0.5) is 8.78 Å². The number of carboxylic acids is 1. The maximum atomic E-state index is 12.8. The van der Waals surface area contributed by atoms with Crippen LogP contribution in [0.2, 0.25) is 0 Å². The SMILES string of the molecule is O=C(O)C1(c2cc(C(F)F)cc3c2OCO3)CC1. The topological polar surface area (TPSA) is 55.8 Å². The Morgan fingerprint density at radius 2 is 2.06 bits per heavy atom. The second kappa shape index (κ2) is 3.57. The largest absolute Gasteiger partial charge is 0.481 e. The van der Waals surface area contributed by atoms with Gasteiger partial charge in [-0.3, -0.25) is 4.79 Å². The van der Waals surface area contributed by atoms with Crippen LogP contribution in [-0.4, -0.2) is 17.9 Å². The molecule has 0 unspecified atom stereocenters. The van der Waals surface area contributed by atoms with E-state index in [9.17, 15) is 18.7 Å². The van der Waals surface area contributed by atoms with Gasteiger partial charge in [-0.15, -0.1) is 0 Å². The summed E-state index contributed by atoms with van der Waals surface area (Å²) < 4.78 is 35.9. The van der Waals surface area contributed by atoms with E-state index in [2.05, 4.69) is 0 Å². The summed E-state index contributed by atoms with van der Waals surface area (Å²) >= 11 is 0. The monoisotopic (exact) mass is 256 g/mol. The van der Waals surface area contributed by atoms with Gasteiger partial charge in [0.05, 0.1) is 5.41 Å². The third-order valence-electron chi connectivity index (χ3n) is 3.42. The highest BCUT2D eigenvalue weighted by molar-refractivity contribution is 5.86. The number of halogens is 2. The quantitative estimate of drug-likeness (QED) is 0.902. The van der Waals surface area contributed by atoms with Crippen molar-refractivity contribution in [3.63, 3.8) is 0 Å². The van der Waals surface area contributed by atoms with Gasteiger partial charge in [0.15, 0.2) is 11.5 Å². The first-order valence-corrected chi connectivity index (χ1v) is 5.50. The standard InChI is InChI=1S/C12H10F2O4/c13-10(14)6-3-7(12(1-2-12)11(15)16)9-8(4-6)17-5-18-9/h3-4,10H,1-2,5H2,(H,15,16). The molecule has 0 bridgehead atoms. The lowest BCUT2D eigenvalue weighted by Gasteiger charge is -2.14. The highest BCUT2D eigenvalue weighted by Crippen LogP contribution is 2.55. The molecular weight excluding hydrogens is 246 g/mol. The summed E-state index contributed by atoms with van der Waals surface area (Å²) in [5, 5.41) is 9.23. The number of alkyl halides is 2. The fourth-order valence-corrected chi connectivity index (χ4v) is 2.24. The molecule has 0 radical (unpaired) electrons. The molecule has 1 aromatic rings. The molecule has 1 aliphatic carbocycles. The third kappa shape index (κ3) is 1.45. The van der Waals surface area contributed by atoms with E-state index in [4.69, 9.17) is 9.47 Å². The van der Waals surface area contributed by atoms with Crippen molar-refractivity contribution in [3.8, 4) is 11.5 Å². The van der Waals surface area contributed by atoms with Gasteiger partial charge in [0.1, 0.15) is 0 Å². The van der Waals surface area contributed by atoms with Crippen molar-refractivity contribution < 1.29 is 28.2 Å². The van der Waals surface area contributed by atoms with Crippen LogP contribution in [0.3, 0.4) is 0 Å². The van der Waals surface area contributed by atoms with Crippen molar-refractivity contribution in [1.82, 2.24) is 0 Å². The number of benzene rings is 1. The summed E-state index contributed by atoms with van der Waals surface area (Å²) in [4.78, 5) is 11.3. The Balaban J connectivity index is 2.16. The molecule has 0 saturated heterocycles. The maximum absolute atomic E-state index is 12.8. The molecule has 0 atom stereocenters. The van der Waals surface area contributed by atoms with Crippen LogP contribution in [-0.2, 0) is 10.2 Å². The highest BCUT2D eigenvalue weighted by Gasteiger charge is 2.54. The number of fused-ring (bicyclic) bond motifs is 1. The van der Waals surface area contributed by atoms with Crippen molar-refractivity contribution in [1.29, 1.82) is 0 Å². The summed E-state index contributed by atoms with van der Waals surface area (Å²) in [5.41, 5.74) is -1.01. The predicted octanol–water partition coefficient (Wildman–Crippen LogP) is 2.47. The Kier molecular flexibility index (Phi) is 2.23. The number of aliphatic carboxylic acids is 1. The first kappa shape index (κ1) is 11.3. The van der Waals surface area contributed by atoms with Gasteiger partial charge in [-0.1, -0.05) is 0 Å². The Labute approximate surface area is 101 Å². The number of carboxylic acid groups (broad SMARTS) is 1. The molecule has 0 spiro atoms. The minimum absolute atomic E-state index is 0.0648. The minimum Gasteiger partial charge on any atom is -0.481 e. The zero-order valence-electron chi connectivity index (χ0n) is 9.28. The van der Waals surface area contributed by atoms with E-state index in [-0.39, 0.29) is 18.1 Å². The second-order valence-electron chi connectivity index (χ2n) is 4.49. The minimum atomic E-state index is -2.66. The molecule has 1 aromatic carbocycles. The Morgan fingerprint density at radius 1 is 1.33 bits per heavy atom. The van der Waals surface area contributed by atoms with Crippen LogP contribution in [0, 0.1) is 0 Å². The van der Waals surface area contributed by atoms with Crippen molar-refractivity contribution in [3.05, 3.63) is 23.3 Å². The van der Waals surface area contributed by atoms with Crippen molar-refractivity contribution in [2.45, 2.75) is 24.7 Å². The molecule has 0 aromatic heterocycles. The first-order chi connectivity index (χ1) is 8.54. The molecule has 3 rings (SSSR count). The molecule has 1 aliphatic heterocycles. The zero-order chi connectivity index (χ0) is 12.9. The Morgan fingerprint density at radius 3 is 2.61 bits per heavy atom. The fourth-order valence-electron chi connectivity index (χ4n) is 2.24. The van der Waals surface area contributed by atoms with E-state index in [1.54, 1.807) is 0 Å². The molecule has 1 heterocycles. The molecule has 18 heavy (non-hydrogen) atoms. The molecule has 1 saturated carbocycles. The highest BCUT2D eigenvalue weighted by atomic mass is 19.3. The number of hydrogen-bond acceptors (Lipinski definition) is 3. The van der Waals surface area contributed by atoms with Crippen molar-refractivity contribution >= 4 is 5.97 Å². The van der Waals surface area contributed by atoms with Crippen LogP contribution in [0.5, 0.6) is 11.5 Å². The predicted molar refractivity (Wildman–Crippen MR) is 56.1 cm³/mol. The summed E-state index contributed by atoms with van der Waals surface area (Å²) in [5.74, 6) is -0.513. The number of hydrogen-bond donors (Lipinski definition) is 1. The van der Waals surface area contributed by atoms with E-state index in [0.717, 1.165) is 0 Å². The summed E-state index contributed by atoms with van der Waals surface area (Å²) in [6, 6.07) is 2.42. The van der Waals surface area contributed by atoms with Crippen LogP contribution in [0.15, 0.2) is 12.1 Å². The van der Waals surface area contributed by atoms with Crippen LogP contribution >= 0.6 is 0 Å². The van der Waals surface area contributed by atoms with Gasteiger partial charge in [0.25, 0.3) is 6.43 Å². The summed E-state index contributed by atoms with van der Waals surface area (Å²) in [6.45, 7) is -0.0648. The molecule has 2 aliphatic rings. The van der Waals surface area contributed by atoms with Gasteiger partial charge in [-0.05, 0) is 25.0 Å². The van der Waals surface area contributed by atoms with E-state index < -0.39 is 17.8 Å². The van der Waals surface area contributed by atoms with Crippen molar-refractivity contribution in [2.75, 3.05) is 6.79 Å². The lowest BCUT2D eigenvalue weighted by Crippen LogP contribution is -2.20. The zero-order valence-corrected chi connectivity index (χ0v) is 9.28. The van der Waals surface area contributed by atoms with E-state index in [0.29, 0.717) is 24.2 Å². The number of carbonyl (C=O) groups is 1. The van der Waals surface area contributed by atoms with Crippen LogP contribution in [0.25, 0.3) is 0 Å². The second-order valence-corrected chi connectivity index (χ2v) is 4.49. The fraction of sp³-hybridized carbons (Fsp3) is 0.417. The summed E-state index contributed by atoms with van der Waals surface area (Å²) in [6.07, 6.45) is -1.79. The third-order valence-corrected chi connectivity index (χ3v) is 3.42. The molecule has 0 amide bonds. The lowest BCUT2D eigenvalue weighted by atomic mass is 9.93. The maximum Gasteiger partial charge on any atom is 0.314 e. The van der Waals surface area contributed by atoms with Crippen molar-refractivity contribution in [2.24, 2.45) is 0 Å². The van der Waals surface area contributed by atoms with Gasteiger partial charge in [0, 0.05) is 11.1 Å². The van der Waals surface area contributed by atoms with Crippen LogP contribution < -0.4 is 9.47 Å². The van der Waals surface area contributed by atoms with Gasteiger partial charge < -0.3 is 14.6 Å². The Hall–Kier alpha value is -1.85. The first-order valence-electron chi connectivity index (χ1n) is 5.50. The Bertz CT molecular complexity index is 523. The van der Waals surface area contributed by atoms with Gasteiger partial charge in [-0.2, -0.15) is 0 Å². The van der Waals surface area contributed by atoms with E-state index >= 15 is 0 Å². The van der Waals surface area contributed by atoms with E-state index in [1.165, 1.54) is 12.1 Å². The molecule has 4 nitrogen and oxygen atoms in total. The average molecular weight is 256 g/mol. The summed E-state index contributed by atoms with van der Waals surface area (Å²) in [7, 11) is 0. The average Bonchev–Trinajstić information content (AvgIpc) is 3.00. The van der Waals surface area contributed by atoms with Gasteiger partial charge >= 0.3 is 5.97 Å². The number of rotatable bonds is 3. The smallest absolute Gasteiger partial charge is 0.314 e. The lowest BCUT2D eigenvalue weighted by molar-refractivity contribution is -0.140. The van der Waals surface area contributed by atoms with Gasteiger partial charge in [0.2, 0.25) is 6.79 Å². The molecule has 1 fully saturated rings. The number of ether oxygens (including phenoxy) is 2. The molecule has 1 N–H and O–H groups in total. The molecule has 6 heteroatoms. The van der Waals surface area contributed by atoms with E-state index in [1.807, 2.05) is 0 Å².